The maximum atomic E-state index is 5.32. The molecular weight excluding hydrogens is 372 g/mol. The third-order valence-electron chi connectivity index (χ3n) is 5.35. The maximum Gasteiger partial charge on any atom is 0.119 e. The number of benzene rings is 4. The molecule has 0 N–H and O–H groups in total. The molecule has 146 valence electrons. The van der Waals surface area contributed by atoms with Gasteiger partial charge in [-0.25, -0.2) is 9.97 Å². The highest BCUT2D eigenvalue weighted by molar-refractivity contribution is 5.90. The van der Waals surface area contributed by atoms with Crippen molar-refractivity contribution in [2.45, 2.75) is 0 Å². The number of ether oxygens (including phenoxy) is 2. The molecule has 0 saturated carbocycles. The molecule has 1 aromatic heterocycles. The Morgan fingerprint density at radius 3 is 1.40 bits per heavy atom. The number of rotatable bonds is 4. The average Bonchev–Trinajstić information content (AvgIpc) is 2.82. The zero-order valence-electron chi connectivity index (χ0n) is 16.8. The van der Waals surface area contributed by atoms with Crippen LogP contribution >= 0.6 is 0 Å². The molecule has 4 nitrogen and oxygen atoms in total. The van der Waals surface area contributed by atoms with Gasteiger partial charge in [-0.05, 0) is 64.0 Å². The van der Waals surface area contributed by atoms with Gasteiger partial charge in [-0.1, -0.05) is 36.4 Å². The van der Waals surface area contributed by atoms with Crippen LogP contribution in [0.25, 0.3) is 44.1 Å². The van der Waals surface area contributed by atoms with Crippen LogP contribution in [0.1, 0.15) is 0 Å². The Kier molecular flexibility index (Phi) is 4.52. The van der Waals surface area contributed by atoms with Crippen molar-refractivity contribution in [3.63, 3.8) is 0 Å². The minimum absolute atomic E-state index is 0.855. The van der Waals surface area contributed by atoms with Crippen LogP contribution in [0.5, 0.6) is 11.5 Å². The molecule has 0 unspecified atom stereocenters. The predicted molar refractivity (Wildman–Crippen MR) is 121 cm³/mol. The van der Waals surface area contributed by atoms with Crippen molar-refractivity contribution in [3.05, 3.63) is 85.2 Å². The topological polar surface area (TPSA) is 44.2 Å². The lowest BCUT2D eigenvalue weighted by Gasteiger charge is -2.08. The summed E-state index contributed by atoms with van der Waals surface area (Å²) in [5.41, 5.74) is 3.91. The molecule has 4 heteroatoms. The third kappa shape index (κ3) is 3.33. The molecule has 4 aromatic carbocycles. The first kappa shape index (κ1) is 18.1. The highest BCUT2D eigenvalue weighted by Gasteiger charge is 2.07. The largest absolute Gasteiger partial charge is 0.497 e. The van der Waals surface area contributed by atoms with Crippen LogP contribution in [0.15, 0.2) is 85.2 Å². The Labute approximate surface area is 174 Å². The quantitative estimate of drug-likeness (QED) is 0.369. The van der Waals surface area contributed by atoms with Crippen LogP contribution in [0.2, 0.25) is 0 Å². The molecule has 0 saturated heterocycles. The van der Waals surface area contributed by atoms with Gasteiger partial charge in [-0.15, -0.1) is 0 Å². The lowest BCUT2D eigenvalue weighted by molar-refractivity contribution is 0.415. The summed E-state index contributed by atoms with van der Waals surface area (Å²) in [5, 5.41) is 4.57. The zero-order chi connectivity index (χ0) is 20.5. The molecule has 0 radical (unpaired) electrons. The Bertz CT molecular complexity index is 1280. The molecular formula is C26H20N2O2. The summed E-state index contributed by atoms with van der Waals surface area (Å²) in [6.45, 7) is 0. The van der Waals surface area contributed by atoms with E-state index < -0.39 is 0 Å². The highest BCUT2D eigenvalue weighted by Crippen LogP contribution is 2.30. The SMILES string of the molecule is COc1ccc2cc(-c3cc(-c4ccc5cc(OC)ccc5c4)ncn3)ccc2c1. The molecule has 0 atom stereocenters. The Morgan fingerprint density at radius 1 is 0.500 bits per heavy atom. The van der Waals surface area contributed by atoms with Gasteiger partial charge in [0, 0.05) is 11.1 Å². The first-order valence-corrected chi connectivity index (χ1v) is 9.72. The summed E-state index contributed by atoms with van der Waals surface area (Å²) in [5.74, 6) is 1.71. The van der Waals surface area contributed by atoms with E-state index in [4.69, 9.17) is 9.47 Å². The third-order valence-corrected chi connectivity index (χ3v) is 5.35. The van der Waals surface area contributed by atoms with Crippen LogP contribution in [0.4, 0.5) is 0 Å². The summed E-state index contributed by atoms with van der Waals surface area (Å²) < 4.78 is 10.6. The van der Waals surface area contributed by atoms with E-state index in [2.05, 4.69) is 58.5 Å². The Morgan fingerprint density at radius 2 is 0.933 bits per heavy atom. The van der Waals surface area contributed by atoms with Crippen molar-refractivity contribution in [1.29, 1.82) is 0 Å². The van der Waals surface area contributed by atoms with E-state index in [0.717, 1.165) is 55.6 Å². The van der Waals surface area contributed by atoms with E-state index in [1.807, 2.05) is 30.3 Å². The summed E-state index contributed by atoms with van der Waals surface area (Å²) in [4.78, 5) is 9.02. The number of hydrogen-bond donors (Lipinski definition) is 0. The Hall–Kier alpha value is -3.92. The molecule has 30 heavy (non-hydrogen) atoms. The fourth-order valence-corrected chi connectivity index (χ4v) is 3.69. The summed E-state index contributed by atoms with van der Waals surface area (Å²) in [6, 6.07) is 26.8. The van der Waals surface area contributed by atoms with Gasteiger partial charge in [-0.2, -0.15) is 0 Å². The molecule has 5 aromatic rings. The van der Waals surface area contributed by atoms with Crippen molar-refractivity contribution in [3.8, 4) is 34.0 Å². The molecule has 0 bridgehead atoms. The Balaban J connectivity index is 1.54. The normalized spacial score (nSPS) is 11.0. The second-order valence-electron chi connectivity index (χ2n) is 7.14. The van der Waals surface area contributed by atoms with Gasteiger partial charge in [0.1, 0.15) is 17.8 Å². The number of methoxy groups -OCH3 is 2. The van der Waals surface area contributed by atoms with Crippen molar-refractivity contribution in [1.82, 2.24) is 9.97 Å². The van der Waals surface area contributed by atoms with Gasteiger partial charge in [0.05, 0.1) is 25.6 Å². The van der Waals surface area contributed by atoms with Crippen molar-refractivity contribution in [2.24, 2.45) is 0 Å². The molecule has 5 rings (SSSR count). The summed E-state index contributed by atoms with van der Waals surface area (Å²) >= 11 is 0. The lowest BCUT2D eigenvalue weighted by atomic mass is 10.0. The molecule has 0 fully saturated rings. The smallest absolute Gasteiger partial charge is 0.119 e. The molecule has 1 heterocycles. The molecule has 0 amide bonds. The predicted octanol–water partition coefficient (Wildman–Crippen LogP) is 6.13. The van der Waals surface area contributed by atoms with Gasteiger partial charge in [0.2, 0.25) is 0 Å². The fraction of sp³-hybridized carbons (Fsp3) is 0.0769. The summed E-state index contributed by atoms with van der Waals surface area (Å²) in [6.07, 6.45) is 1.63. The van der Waals surface area contributed by atoms with E-state index in [9.17, 15) is 0 Å². The van der Waals surface area contributed by atoms with Crippen LogP contribution in [0, 0.1) is 0 Å². The lowest BCUT2D eigenvalue weighted by Crippen LogP contribution is -1.90. The molecule has 0 spiro atoms. The minimum atomic E-state index is 0.855. The number of hydrogen-bond acceptors (Lipinski definition) is 4. The molecule has 0 aliphatic carbocycles. The van der Waals surface area contributed by atoms with Gasteiger partial charge in [-0.3, -0.25) is 0 Å². The van der Waals surface area contributed by atoms with E-state index in [0.29, 0.717) is 0 Å². The average molecular weight is 392 g/mol. The van der Waals surface area contributed by atoms with Crippen molar-refractivity contribution < 1.29 is 9.47 Å². The zero-order valence-corrected chi connectivity index (χ0v) is 16.8. The second-order valence-corrected chi connectivity index (χ2v) is 7.14. The van der Waals surface area contributed by atoms with Crippen molar-refractivity contribution in [2.75, 3.05) is 14.2 Å². The van der Waals surface area contributed by atoms with Crippen LogP contribution < -0.4 is 9.47 Å². The summed E-state index contributed by atoms with van der Waals surface area (Å²) in [7, 11) is 3.36. The van der Waals surface area contributed by atoms with E-state index in [1.54, 1.807) is 20.5 Å². The fourth-order valence-electron chi connectivity index (χ4n) is 3.69. The van der Waals surface area contributed by atoms with E-state index in [1.165, 1.54) is 0 Å². The van der Waals surface area contributed by atoms with Gasteiger partial charge < -0.3 is 9.47 Å². The van der Waals surface area contributed by atoms with Crippen LogP contribution in [0.3, 0.4) is 0 Å². The number of fused-ring (bicyclic) bond motifs is 2. The van der Waals surface area contributed by atoms with Crippen molar-refractivity contribution >= 4 is 21.5 Å². The van der Waals surface area contributed by atoms with Gasteiger partial charge in [0.15, 0.2) is 0 Å². The van der Waals surface area contributed by atoms with Gasteiger partial charge in [0.25, 0.3) is 0 Å². The highest BCUT2D eigenvalue weighted by atomic mass is 16.5. The molecule has 0 aliphatic heterocycles. The van der Waals surface area contributed by atoms with E-state index in [-0.39, 0.29) is 0 Å². The van der Waals surface area contributed by atoms with Gasteiger partial charge >= 0.3 is 0 Å². The first-order valence-electron chi connectivity index (χ1n) is 9.72. The first-order chi connectivity index (χ1) is 14.7. The second kappa shape index (κ2) is 7.48. The maximum absolute atomic E-state index is 5.32. The number of nitrogens with zero attached hydrogens (tertiary/aromatic N) is 2. The van der Waals surface area contributed by atoms with Crippen LogP contribution in [-0.2, 0) is 0 Å². The standard InChI is InChI=1S/C26H20N2O2/c1-29-23-9-7-17-11-21(5-3-19(17)13-23)25-15-26(28-16-27-25)22-6-4-20-14-24(30-2)10-8-18(20)12-22/h3-16H,1-2H3. The number of aromatic nitrogens is 2. The van der Waals surface area contributed by atoms with Crippen LogP contribution in [-0.4, -0.2) is 24.2 Å². The van der Waals surface area contributed by atoms with E-state index >= 15 is 0 Å². The molecule has 0 aliphatic rings. The minimum Gasteiger partial charge on any atom is -0.497 e. The monoisotopic (exact) mass is 392 g/mol.